The highest BCUT2D eigenvalue weighted by molar-refractivity contribution is 5.94. The Morgan fingerprint density at radius 2 is 2.10 bits per heavy atom. The number of carbonyl (C=O) groups excluding carboxylic acids is 2. The number of nitrogens with one attached hydrogen (secondary N) is 1. The summed E-state index contributed by atoms with van der Waals surface area (Å²) in [5, 5.41) is 11.7. The molecule has 2 aromatic rings. The van der Waals surface area contributed by atoms with Gasteiger partial charge in [0.2, 0.25) is 5.91 Å². The van der Waals surface area contributed by atoms with E-state index in [-0.39, 0.29) is 17.8 Å². The number of carbonyl (C=O) groups is 2. The predicted octanol–water partition coefficient (Wildman–Crippen LogP) is 2.83. The summed E-state index contributed by atoms with van der Waals surface area (Å²) in [6, 6.07) is 9.18. The van der Waals surface area contributed by atoms with Gasteiger partial charge in [-0.15, -0.1) is 0 Å². The van der Waals surface area contributed by atoms with Crippen molar-refractivity contribution in [2.75, 3.05) is 25.0 Å². The summed E-state index contributed by atoms with van der Waals surface area (Å²) in [7, 11) is 0. The molecule has 3 heterocycles. The number of benzene rings is 1. The van der Waals surface area contributed by atoms with Gasteiger partial charge in [-0.1, -0.05) is 6.07 Å². The maximum absolute atomic E-state index is 12.5. The Balaban J connectivity index is 1.26. The van der Waals surface area contributed by atoms with E-state index in [2.05, 4.69) is 22.1 Å². The van der Waals surface area contributed by atoms with E-state index >= 15 is 0 Å². The van der Waals surface area contributed by atoms with Crippen molar-refractivity contribution >= 4 is 17.6 Å². The molecule has 4 rings (SSSR count). The number of nitrogens with zero attached hydrogens (tertiary/aromatic N) is 3. The SMILES string of the molecule is Cc1c(CCN2CCC(C(=O)Nc3ccc(C#N)nc3)CC2)ccc2c1COC2=O. The van der Waals surface area contributed by atoms with Crippen LogP contribution in [-0.4, -0.2) is 41.4 Å². The first-order valence-electron chi connectivity index (χ1n) is 10.2. The molecule has 0 unspecified atom stereocenters. The number of nitriles is 1. The number of anilines is 1. The lowest BCUT2D eigenvalue weighted by Crippen LogP contribution is -2.39. The molecule has 30 heavy (non-hydrogen) atoms. The minimum absolute atomic E-state index is 0.0122. The van der Waals surface area contributed by atoms with E-state index in [0.29, 0.717) is 23.6 Å². The van der Waals surface area contributed by atoms with Crippen LogP contribution in [0.3, 0.4) is 0 Å². The number of pyridine rings is 1. The van der Waals surface area contributed by atoms with Crippen molar-refractivity contribution < 1.29 is 14.3 Å². The van der Waals surface area contributed by atoms with Crippen LogP contribution >= 0.6 is 0 Å². The summed E-state index contributed by atoms with van der Waals surface area (Å²) in [5.41, 5.74) is 5.07. The Morgan fingerprint density at radius 1 is 1.30 bits per heavy atom. The number of cyclic esters (lactones) is 1. The molecular formula is C23H24N4O3. The first kappa shape index (κ1) is 20.0. The van der Waals surface area contributed by atoms with Gasteiger partial charge in [-0.05, 0) is 68.6 Å². The molecule has 2 aliphatic heterocycles. The number of fused-ring (bicyclic) bond motifs is 1. The van der Waals surface area contributed by atoms with Crippen molar-refractivity contribution in [3.05, 3.63) is 58.4 Å². The molecule has 154 valence electrons. The smallest absolute Gasteiger partial charge is 0.338 e. The summed E-state index contributed by atoms with van der Waals surface area (Å²) >= 11 is 0. The van der Waals surface area contributed by atoms with E-state index in [4.69, 9.17) is 10.00 Å². The Hall–Kier alpha value is -3.24. The van der Waals surface area contributed by atoms with E-state index in [1.54, 1.807) is 12.1 Å². The second-order valence-electron chi connectivity index (χ2n) is 7.85. The molecule has 0 radical (unpaired) electrons. The average Bonchev–Trinajstić information content (AvgIpc) is 3.15. The van der Waals surface area contributed by atoms with Crippen molar-refractivity contribution in [1.29, 1.82) is 5.26 Å². The van der Waals surface area contributed by atoms with E-state index in [0.717, 1.165) is 50.0 Å². The number of rotatable bonds is 5. The first-order chi connectivity index (χ1) is 14.5. The third kappa shape index (κ3) is 4.19. The molecular weight excluding hydrogens is 380 g/mol. The zero-order valence-electron chi connectivity index (χ0n) is 17.0. The monoisotopic (exact) mass is 404 g/mol. The van der Waals surface area contributed by atoms with Crippen LogP contribution in [0.4, 0.5) is 5.69 Å². The van der Waals surface area contributed by atoms with Gasteiger partial charge in [0, 0.05) is 18.0 Å². The number of ether oxygens (including phenoxy) is 1. The highest BCUT2D eigenvalue weighted by Gasteiger charge is 2.26. The van der Waals surface area contributed by atoms with Crippen molar-refractivity contribution in [2.45, 2.75) is 32.8 Å². The van der Waals surface area contributed by atoms with Gasteiger partial charge < -0.3 is 15.0 Å². The summed E-state index contributed by atoms with van der Waals surface area (Å²) in [6.07, 6.45) is 4.08. The number of piperidine rings is 1. The topological polar surface area (TPSA) is 95.3 Å². The molecule has 1 amide bonds. The van der Waals surface area contributed by atoms with Gasteiger partial charge in [0.05, 0.1) is 17.4 Å². The number of hydrogen-bond acceptors (Lipinski definition) is 6. The minimum Gasteiger partial charge on any atom is -0.457 e. The highest BCUT2D eigenvalue weighted by atomic mass is 16.5. The quantitative estimate of drug-likeness (QED) is 0.770. The highest BCUT2D eigenvalue weighted by Crippen LogP contribution is 2.27. The Bertz CT molecular complexity index is 1000. The fourth-order valence-electron chi connectivity index (χ4n) is 4.14. The Labute approximate surface area is 175 Å². The molecule has 1 saturated heterocycles. The van der Waals surface area contributed by atoms with Crippen LogP contribution in [0, 0.1) is 24.2 Å². The van der Waals surface area contributed by atoms with Crippen molar-refractivity contribution in [1.82, 2.24) is 9.88 Å². The normalized spacial score (nSPS) is 16.6. The number of amides is 1. The largest absolute Gasteiger partial charge is 0.457 e. The van der Waals surface area contributed by atoms with Gasteiger partial charge in [-0.3, -0.25) is 4.79 Å². The number of aromatic nitrogens is 1. The van der Waals surface area contributed by atoms with Crippen molar-refractivity contribution in [3.8, 4) is 6.07 Å². The molecule has 0 saturated carbocycles. The summed E-state index contributed by atoms with van der Waals surface area (Å²) in [4.78, 5) is 30.6. The van der Waals surface area contributed by atoms with Crippen LogP contribution in [0.5, 0.6) is 0 Å². The van der Waals surface area contributed by atoms with Crippen LogP contribution in [0.2, 0.25) is 0 Å². The fourth-order valence-corrected chi connectivity index (χ4v) is 4.14. The molecule has 1 N–H and O–H groups in total. The average molecular weight is 404 g/mol. The van der Waals surface area contributed by atoms with E-state index in [1.807, 2.05) is 18.2 Å². The van der Waals surface area contributed by atoms with Gasteiger partial charge in [0.25, 0.3) is 0 Å². The van der Waals surface area contributed by atoms with E-state index in [1.165, 1.54) is 11.8 Å². The number of hydrogen-bond donors (Lipinski definition) is 1. The van der Waals surface area contributed by atoms with E-state index < -0.39 is 0 Å². The predicted molar refractivity (Wildman–Crippen MR) is 111 cm³/mol. The molecule has 2 aliphatic rings. The molecule has 7 nitrogen and oxygen atoms in total. The lowest BCUT2D eigenvalue weighted by atomic mass is 9.94. The molecule has 0 atom stereocenters. The third-order valence-corrected chi connectivity index (χ3v) is 6.08. The maximum Gasteiger partial charge on any atom is 0.338 e. The Kier molecular flexibility index (Phi) is 5.77. The molecule has 1 aromatic carbocycles. The van der Waals surface area contributed by atoms with Gasteiger partial charge in [-0.25, -0.2) is 9.78 Å². The second kappa shape index (κ2) is 8.64. The van der Waals surface area contributed by atoms with Gasteiger partial charge in [0.15, 0.2) is 0 Å². The standard InChI is InChI=1S/C23H24N4O3/c1-15-16(2-5-20-21(15)14-30-23(20)29)6-9-27-10-7-17(8-11-27)22(28)26-19-4-3-18(12-24)25-13-19/h2-5,13,17H,6-11,14H2,1H3,(H,26,28). The van der Waals surface area contributed by atoms with E-state index in [9.17, 15) is 9.59 Å². The zero-order valence-corrected chi connectivity index (χ0v) is 17.0. The summed E-state index contributed by atoms with van der Waals surface area (Å²) < 4.78 is 5.14. The van der Waals surface area contributed by atoms with Gasteiger partial charge in [-0.2, -0.15) is 5.26 Å². The van der Waals surface area contributed by atoms with Crippen LogP contribution in [0.15, 0.2) is 30.5 Å². The third-order valence-electron chi connectivity index (χ3n) is 6.08. The molecule has 0 bridgehead atoms. The van der Waals surface area contributed by atoms with Gasteiger partial charge in [0.1, 0.15) is 18.4 Å². The summed E-state index contributed by atoms with van der Waals surface area (Å²) in [6.45, 7) is 5.14. The zero-order chi connectivity index (χ0) is 21.1. The maximum atomic E-state index is 12.5. The summed E-state index contributed by atoms with van der Waals surface area (Å²) in [5.74, 6) is -0.223. The molecule has 1 aromatic heterocycles. The van der Waals surface area contributed by atoms with Crippen LogP contribution < -0.4 is 5.32 Å². The molecule has 7 heteroatoms. The minimum atomic E-state index is -0.225. The second-order valence-corrected chi connectivity index (χ2v) is 7.85. The molecule has 0 aliphatic carbocycles. The lowest BCUT2D eigenvalue weighted by Gasteiger charge is -2.31. The lowest BCUT2D eigenvalue weighted by molar-refractivity contribution is -0.121. The molecule has 0 spiro atoms. The number of esters is 1. The van der Waals surface area contributed by atoms with Crippen LogP contribution in [0.1, 0.15) is 45.6 Å². The van der Waals surface area contributed by atoms with Crippen molar-refractivity contribution in [2.24, 2.45) is 5.92 Å². The first-order valence-corrected chi connectivity index (χ1v) is 10.2. The Morgan fingerprint density at radius 3 is 2.80 bits per heavy atom. The van der Waals surface area contributed by atoms with Gasteiger partial charge >= 0.3 is 5.97 Å². The van der Waals surface area contributed by atoms with Crippen molar-refractivity contribution in [3.63, 3.8) is 0 Å². The molecule has 1 fully saturated rings. The fraction of sp³-hybridized carbons (Fsp3) is 0.391. The van der Waals surface area contributed by atoms with Crippen LogP contribution in [0.25, 0.3) is 0 Å². The number of likely N-dealkylation sites (tertiary alicyclic amines) is 1. The van der Waals surface area contributed by atoms with Crippen LogP contribution in [-0.2, 0) is 22.6 Å².